The van der Waals surface area contributed by atoms with Gasteiger partial charge in [0.25, 0.3) is 5.91 Å². The van der Waals surface area contributed by atoms with Gasteiger partial charge in [0.2, 0.25) is 0 Å². The van der Waals surface area contributed by atoms with Crippen molar-refractivity contribution in [2.75, 3.05) is 45.1 Å². The van der Waals surface area contributed by atoms with E-state index in [-0.39, 0.29) is 5.91 Å². The zero-order valence-electron chi connectivity index (χ0n) is 12.6. The van der Waals surface area contributed by atoms with Crippen molar-refractivity contribution < 1.29 is 4.79 Å². The number of hydrogen-bond donors (Lipinski definition) is 1. The first kappa shape index (κ1) is 14.8. The molecule has 0 radical (unpaired) electrons. The summed E-state index contributed by atoms with van der Waals surface area (Å²) in [7, 11) is 2.08. The Balaban J connectivity index is 2.00. The highest BCUT2D eigenvalue weighted by molar-refractivity contribution is 5.93. The van der Waals surface area contributed by atoms with Gasteiger partial charge in [-0.05, 0) is 25.1 Å². The van der Waals surface area contributed by atoms with Crippen LogP contribution in [0.25, 0.3) is 0 Å². The molecule has 2 heterocycles. The van der Waals surface area contributed by atoms with E-state index >= 15 is 0 Å². The standard InChI is InChI=1S/C15H24N4O/c1-12(2)11-17-13-4-5-16-14(10-13)15(20)19-8-6-18(3)7-9-19/h4-5,10,12H,6-9,11H2,1-3H3,(H,16,17). The number of likely N-dealkylation sites (N-methyl/N-ethyl adjacent to an activating group) is 1. The van der Waals surface area contributed by atoms with Gasteiger partial charge in [0.15, 0.2) is 0 Å². The third-order valence-corrected chi connectivity index (χ3v) is 3.48. The van der Waals surface area contributed by atoms with Crippen LogP contribution < -0.4 is 5.32 Å². The molecule has 0 spiro atoms. The van der Waals surface area contributed by atoms with E-state index in [2.05, 4.69) is 36.1 Å². The van der Waals surface area contributed by atoms with Gasteiger partial charge in [-0.3, -0.25) is 9.78 Å². The average Bonchev–Trinajstić information content (AvgIpc) is 2.45. The number of carbonyl (C=O) groups excluding carboxylic acids is 1. The molecule has 1 aromatic heterocycles. The molecule has 2 rings (SSSR count). The molecule has 0 aliphatic carbocycles. The normalized spacial score (nSPS) is 16.5. The minimum atomic E-state index is 0.0336. The summed E-state index contributed by atoms with van der Waals surface area (Å²) >= 11 is 0. The first-order chi connectivity index (χ1) is 9.56. The second-order valence-corrected chi connectivity index (χ2v) is 5.80. The van der Waals surface area contributed by atoms with Gasteiger partial charge in [-0.2, -0.15) is 0 Å². The third-order valence-electron chi connectivity index (χ3n) is 3.48. The number of nitrogens with zero attached hydrogens (tertiary/aromatic N) is 3. The van der Waals surface area contributed by atoms with E-state index in [4.69, 9.17) is 0 Å². The van der Waals surface area contributed by atoms with E-state index in [9.17, 15) is 4.79 Å². The van der Waals surface area contributed by atoms with E-state index < -0.39 is 0 Å². The number of aromatic nitrogens is 1. The third kappa shape index (κ3) is 3.93. The highest BCUT2D eigenvalue weighted by Gasteiger charge is 2.21. The van der Waals surface area contributed by atoms with E-state index in [1.54, 1.807) is 6.20 Å². The summed E-state index contributed by atoms with van der Waals surface area (Å²) in [6.07, 6.45) is 1.70. The second-order valence-electron chi connectivity index (χ2n) is 5.80. The number of nitrogens with one attached hydrogen (secondary N) is 1. The molecule has 0 saturated carbocycles. The molecule has 0 unspecified atom stereocenters. The summed E-state index contributed by atoms with van der Waals surface area (Å²) in [6.45, 7) is 8.62. The van der Waals surface area contributed by atoms with Crippen molar-refractivity contribution in [3.63, 3.8) is 0 Å². The van der Waals surface area contributed by atoms with Gasteiger partial charge in [-0.1, -0.05) is 13.8 Å². The van der Waals surface area contributed by atoms with Gasteiger partial charge in [0.05, 0.1) is 0 Å². The van der Waals surface area contributed by atoms with E-state index in [0.717, 1.165) is 38.4 Å². The zero-order valence-corrected chi connectivity index (χ0v) is 12.6. The van der Waals surface area contributed by atoms with Gasteiger partial charge in [0, 0.05) is 44.6 Å². The van der Waals surface area contributed by atoms with Crippen LogP contribution in [0.5, 0.6) is 0 Å². The molecule has 1 fully saturated rings. The monoisotopic (exact) mass is 276 g/mol. The first-order valence-corrected chi connectivity index (χ1v) is 7.24. The Bertz CT molecular complexity index is 453. The van der Waals surface area contributed by atoms with Crippen molar-refractivity contribution in [1.29, 1.82) is 0 Å². The maximum atomic E-state index is 12.4. The zero-order chi connectivity index (χ0) is 14.5. The first-order valence-electron chi connectivity index (χ1n) is 7.24. The number of carbonyl (C=O) groups is 1. The number of pyridine rings is 1. The molecule has 1 amide bonds. The largest absolute Gasteiger partial charge is 0.385 e. The highest BCUT2D eigenvalue weighted by atomic mass is 16.2. The molecule has 1 N–H and O–H groups in total. The van der Waals surface area contributed by atoms with Crippen LogP contribution in [0.4, 0.5) is 5.69 Å². The Labute approximate surface area is 121 Å². The van der Waals surface area contributed by atoms with Crippen LogP contribution in [0.3, 0.4) is 0 Å². The molecule has 5 heteroatoms. The summed E-state index contributed by atoms with van der Waals surface area (Å²) in [5, 5.41) is 3.33. The van der Waals surface area contributed by atoms with Crippen molar-refractivity contribution in [3.05, 3.63) is 24.0 Å². The van der Waals surface area contributed by atoms with Crippen LogP contribution in [0, 0.1) is 5.92 Å². The number of piperazine rings is 1. The number of hydrogen-bond acceptors (Lipinski definition) is 4. The fourth-order valence-corrected chi connectivity index (χ4v) is 2.15. The van der Waals surface area contributed by atoms with Crippen molar-refractivity contribution in [1.82, 2.24) is 14.8 Å². The van der Waals surface area contributed by atoms with Crippen LogP contribution in [0.1, 0.15) is 24.3 Å². The van der Waals surface area contributed by atoms with Gasteiger partial charge in [-0.25, -0.2) is 0 Å². The quantitative estimate of drug-likeness (QED) is 0.906. The molecule has 0 bridgehead atoms. The lowest BCUT2D eigenvalue weighted by Crippen LogP contribution is -2.47. The smallest absolute Gasteiger partial charge is 0.272 e. The van der Waals surface area contributed by atoms with Crippen LogP contribution in [0.2, 0.25) is 0 Å². The topological polar surface area (TPSA) is 48.5 Å². The lowest BCUT2D eigenvalue weighted by molar-refractivity contribution is 0.0658. The molecule has 1 aliphatic rings. The predicted octanol–water partition coefficient (Wildman–Crippen LogP) is 1.54. The maximum Gasteiger partial charge on any atom is 0.272 e. The Morgan fingerprint density at radius 1 is 1.35 bits per heavy atom. The van der Waals surface area contributed by atoms with Crippen molar-refractivity contribution in [2.24, 2.45) is 5.92 Å². The summed E-state index contributed by atoms with van der Waals surface area (Å²) in [6, 6.07) is 3.76. The van der Waals surface area contributed by atoms with E-state index in [1.165, 1.54) is 0 Å². The summed E-state index contributed by atoms with van der Waals surface area (Å²) < 4.78 is 0. The van der Waals surface area contributed by atoms with Crippen molar-refractivity contribution in [3.8, 4) is 0 Å². The fourth-order valence-electron chi connectivity index (χ4n) is 2.15. The molecule has 1 aromatic rings. The Hall–Kier alpha value is -1.62. The molecule has 110 valence electrons. The maximum absolute atomic E-state index is 12.4. The van der Waals surface area contributed by atoms with Crippen LogP contribution in [-0.4, -0.2) is 60.5 Å². The summed E-state index contributed by atoms with van der Waals surface area (Å²) in [5.74, 6) is 0.603. The van der Waals surface area contributed by atoms with Gasteiger partial charge >= 0.3 is 0 Å². The Morgan fingerprint density at radius 3 is 2.70 bits per heavy atom. The lowest BCUT2D eigenvalue weighted by atomic mass is 10.2. The highest BCUT2D eigenvalue weighted by Crippen LogP contribution is 2.12. The Kier molecular flexibility index (Phi) is 4.95. The summed E-state index contributed by atoms with van der Waals surface area (Å²) in [4.78, 5) is 20.7. The van der Waals surface area contributed by atoms with E-state index in [0.29, 0.717) is 11.6 Å². The number of amides is 1. The molecule has 5 nitrogen and oxygen atoms in total. The Morgan fingerprint density at radius 2 is 2.05 bits per heavy atom. The van der Waals surface area contributed by atoms with Gasteiger partial charge in [-0.15, -0.1) is 0 Å². The molecule has 1 aliphatic heterocycles. The minimum Gasteiger partial charge on any atom is -0.385 e. The van der Waals surface area contributed by atoms with Crippen LogP contribution >= 0.6 is 0 Å². The minimum absolute atomic E-state index is 0.0336. The van der Waals surface area contributed by atoms with Crippen LogP contribution in [-0.2, 0) is 0 Å². The van der Waals surface area contributed by atoms with Gasteiger partial charge < -0.3 is 15.1 Å². The van der Waals surface area contributed by atoms with Crippen LogP contribution in [0.15, 0.2) is 18.3 Å². The predicted molar refractivity (Wildman–Crippen MR) is 81.0 cm³/mol. The molecular weight excluding hydrogens is 252 g/mol. The fraction of sp³-hybridized carbons (Fsp3) is 0.600. The van der Waals surface area contributed by atoms with E-state index in [1.807, 2.05) is 17.0 Å². The number of anilines is 1. The molecule has 20 heavy (non-hydrogen) atoms. The summed E-state index contributed by atoms with van der Waals surface area (Å²) in [5.41, 5.74) is 1.49. The van der Waals surface area contributed by atoms with Gasteiger partial charge in [0.1, 0.15) is 5.69 Å². The number of rotatable bonds is 4. The molecule has 0 aromatic carbocycles. The van der Waals surface area contributed by atoms with Crippen molar-refractivity contribution >= 4 is 11.6 Å². The molecule has 0 atom stereocenters. The lowest BCUT2D eigenvalue weighted by Gasteiger charge is -2.32. The SMILES string of the molecule is CC(C)CNc1ccnc(C(=O)N2CCN(C)CC2)c1. The second kappa shape index (κ2) is 6.70. The average molecular weight is 276 g/mol. The van der Waals surface area contributed by atoms with Crippen molar-refractivity contribution in [2.45, 2.75) is 13.8 Å². The molecule has 1 saturated heterocycles. The molecular formula is C15H24N4O.